The standard InChI is InChI=1S/C57H75F7N4O17S/c1-2-84-68(13-12-57(62,63)64)56(71)45-34-44-8-7-43(36-50(44)66-51(65)37-45)42-4-3-5-47(35-42)86(72,73)67-39-41(40-67)6-9-46(69)10-14-74-16-18-76-20-22-78-24-26-80-28-30-82-32-33-83-31-29-81-27-25-79-23-21-77-19-17-75-15-11-52(70)85-55-53(60)48(58)38-49(59)54(55)61/h3-5,7-8,34-36,38,41H,2,6,9-33,37,39-40H2,1H3,(H2,65,66). The molecule has 0 spiro atoms. The van der Waals surface area contributed by atoms with Crippen molar-refractivity contribution in [3.8, 4) is 16.9 Å². The van der Waals surface area contributed by atoms with Gasteiger partial charge in [-0.15, -0.1) is 0 Å². The molecule has 1 amide bonds. The largest absolute Gasteiger partial charge is 0.420 e. The van der Waals surface area contributed by atoms with E-state index in [1.165, 1.54) is 16.4 Å². The first-order valence-corrected chi connectivity index (χ1v) is 29.4. The van der Waals surface area contributed by atoms with Gasteiger partial charge in [-0.25, -0.2) is 27.3 Å². The first kappa shape index (κ1) is 71.2. The summed E-state index contributed by atoms with van der Waals surface area (Å²) >= 11 is 0. The third kappa shape index (κ3) is 26.0. The molecule has 3 aromatic carbocycles. The zero-order valence-electron chi connectivity index (χ0n) is 47.9. The lowest BCUT2D eigenvalue weighted by Crippen LogP contribution is -2.49. The molecule has 21 nitrogen and oxygen atoms in total. The fourth-order valence-electron chi connectivity index (χ4n) is 8.08. The van der Waals surface area contributed by atoms with E-state index in [2.05, 4.69) is 9.73 Å². The van der Waals surface area contributed by atoms with Gasteiger partial charge in [0.1, 0.15) is 11.6 Å². The van der Waals surface area contributed by atoms with Crippen LogP contribution in [0.5, 0.6) is 5.75 Å². The van der Waals surface area contributed by atoms with Crippen molar-refractivity contribution in [2.24, 2.45) is 16.6 Å². The van der Waals surface area contributed by atoms with E-state index in [0.29, 0.717) is 139 Å². The number of rotatable bonds is 45. The molecular weight excluding hydrogens is 1180 g/mol. The monoisotopic (exact) mass is 1250 g/mol. The van der Waals surface area contributed by atoms with Gasteiger partial charge in [0.15, 0.2) is 11.6 Å². The van der Waals surface area contributed by atoms with E-state index in [4.69, 9.17) is 57.9 Å². The van der Waals surface area contributed by atoms with E-state index in [0.717, 1.165) is 0 Å². The molecule has 1 fully saturated rings. The van der Waals surface area contributed by atoms with Gasteiger partial charge >= 0.3 is 12.1 Å². The van der Waals surface area contributed by atoms with Crippen molar-refractivity contribution >= 4 is 45.3 Å². The number of carbonyl (C=O) groups excluding carboxylic acids is 3. The summed E-state index contributed by atoms with van der Waals surface area (Å²) in [4.78, 5) is 47.3. The number of amides is 1. The molecular formula is C57H75F7N4O17S. The highest BCUT2D eigenvalue weighted by Gasteiger charge is 2.37. The van der Waals surface area contributed by atoms with Crippen LogP contribution in [-0.2, 0) is 76.6 Å². The topological polar surface area (TPSA) is 241 Å². The van der Waals surface area contributed by atoms with Crippen LogP contribution in [0.1, 0.15) is 51.0 Å². The molecule has 2 heterocycles. The number of hydrogen-bond acceptors (Lipinski definition) is 19. The predicted molar refractivity (Wildman–Crippen MR) is 296 cm³/mol. The minimum atomic E-state index is -4.49. The van der Waals surface area contributed by atoms with Crippen LogP contribution >= 0.6 is 0 Å². The fraction of sp³-hybridized carbons (Fsp3) is 0.579. The van der Waals surface area contributed by atoms with Crippen molar-refractivity contribution in [2.75, 3.05) is 158 Å². The quantitative estimate of drug-likeness (QED) is 0.0150. The second kappa shape index (κ2) is 38.7. The lowest BCUT2D eigenvalue weighted by atomic mass is 9.95. The van der Waals surface area contributed by atoms with Crippen LogP contribution in [0.25, 0.3) is 17.2 Å². The summed E-state index contributed by atoms with van der Waals surface area (Å²) in [7, 11) is -3.84. The van der Waals surface area contributed by atoms with Crippen molar-refractivity contribution in [1.82, 2.24) is 9.37 Å². The molecule has 0 bridgehead atoms. The van der Waals surface area contributed by atoms with Crippen molar-refractivity contribution < 1.29 is 110 Å². The molecule has 2 aliphatic heterocycles. The number of sulfonamides is 1. The maximum absolute atomic E-state index is 13.6. The molecule has 0 atom stereocenters. The molecule has 0 aliphatic carbocycles. The Labute approximate surface area is 495 Å². The van der Waals surface area contributed by atoms with Crippen LogP contribution in [0.4, 0.5) is 36.4 Å². The molecule has 2 N–H and O–H groups in total. The summed E-state index contributed by atoms with van der Waals surface area (Å²) in [5.74, 6) is -10.2. The Bertz CT molecular complexity index is 2730. The van der Waals surface area contributed by atoms with E-state index >= 15 is 0 Å². The van der Waals surface area contributed by atoms with Crippen molar-refractivity contribution in [2.45, 2.75) is 56.5 Å². The number of fused-ring (bicyclic) bond motifs is 1. The molecule has 29 heteroatoms. The summed E-state index contributed by atoms with van der Waals surface area (Å²) in [6.45, 7) is 7.55. The number of nitrogens with two attached hydrogens (primary N) is 1. The maximum atomic E-state index is 13.6. The van der Waals surface area contributed by atoms with Gasteiger partial charge in [-0.3, -0.25) is 19.2 Å². The van der Waals surface area contributed by atoms with Crippen molar-refractivity contribution in [3.05, 3.63) is 82.9 Å². The van der Waals surface area contributed by atoms with E-state index in [1.54, 1.807) is 43.3 Å². The summed E-state index contributed by atoms with van der Waals surface area (Å²) in [5.41, 5.74) is 8.34. The minimum Gasteiger partial charge on any atom is -0.420 e. The normalized spacial score (nSPS) is 13.9. The number of hydrogen-bond donors (Lipinski definition) is 1. The summed E-state index contributed by atoms with van der Waals surface area (Å²) in [6, 6.07) is 11.6. The SMILES string of the molecule is CCON(CCC(F)(F)F)C(=O)C1=Cc2ccc(-c3cccc(S(=O)(=O)N4CC(CCC(=O)CCOCCOCCOCCOCCOCCOCCOCCOCCOCCOCCC(=O)Oc5c(F)c(F)cc(F)c5F)C4)c3)cc2N=C(N)C1. The summed E-state index contributed by atoms with van der Waals surface area (Å²) < 4.78 is 180. The van der Waals surface area contributed by atoms with Crippen LogP contribution in [0, 0.1) is 29.2 Å². The van der Waals surface area contributed by atoms with Gasteiger partial charge in [-0.05, 0) is 54.7 Å². The number of ether oxygens (including phenoxy) is 11. The molecule has 1 saturated heterocycles. The van der Waals surface area contributed by atoms with Gasteiger partial charge in [0.2, 0.25) is 27.4 Å². The molecule has 3 aromatic rings. The lowest BCUT2D eigenvalue weighted by Gasteiger charge is -2.38. The third-order valence-electron chi connectivity index (χ3n) is 12.6. The molecule has 2 aliphatic rings. The van der Waals surface area contributed by atoms with E-state index in [-0.39, 0.29) is 99.6 Å². The number of halogens is 7. The Balaban J connectivity index is 0.769. The van der Waals surface area contributed by atoms with Crippen LogP contribution in [-0.4, -0.2) is 206 Å². The number of esters is 1. The Morgan fingerprint density at radius 3 is 1.60 bits per heavy atom. The molecule has 0 unspecified atom stereocenters. The molecule has 0 aromatic heterocycles. The minimum absolute atomic E-state index is 0.00744. The average molecular weight is 1250 g/mol. The van der Waals surface area contributed by atoms with Crippen LogP contribution < -0.4 is 10.5 Å². The lowest BCUT2D eigenvalue weighted by molar-refractivity contribution is -0.195. The van der Waals surface area contributed by atoms with Gasteiger partial charge < -0.3 is 57.8 Å². The van der Waals surface area contributed by atoms with Crippen LogP contribution in [0.3, 0.4) is 0 Å². The number of nitrogens with zero attached hydrogens (tertiary/aromatic N) is 3. The molecule has 5 rings (SSSR count). The number of carbonyl (C=O) groups is 3. The number of amidine groups is 1. The zero-order chi connectivity index (χ0) is 62.2. The Hall–Kier alpha value is -5.54. The zero-order valence-corrected chi connectivity index (χ0v) is 48.7. The number of ketones is 1. The number of aliphatic imine (C=N–C) groups is 1. The second-order valence-electron chi connectivity index (χ2n) is 19.1. The van der Waals surface area contributed by atoms with Gasteiger partial charge in [-0.1, -0.05) is 24.3 Å². The van der Waals surface area contributed by atoms with E-state index < -0.39 is 76.5 Å². The maximum Gasteiger partial charge on any atom is 0.390 e. The summed E-state index contributed by atoms with van der Waals surface area (Å²) in [6.07, 6.45) is -3.67. The number of benzene rings is 3. The van der Waals surface area contributed by atoms with Crippen molar-refractivity contribution in [1.29, 1.82) is 0 Å². The molecule has 0 saturated carbocycles. The fourth-order valence-corrected chi connectivity index (χ4v) is 9.72. The Morgan fingerprint density at radius 2 is 1.12 bits per heavy atom. The second-order valence-corrected chi connectivity index (χ2v) is 21.0. The first-order valence-electron chi connectivity index (χ1n) is 28.0. The van der Waals surface area contributed by atoms with Crippen LogP contribution in [0.2, 0.25) is 0 Å². The van der Waals surface area contributed by atoms with Gasteiger partial charge in [0, 0.05) is 49.6 Å². The highest BCUT2D eigenvalue weighted by Crippen LogP contribution is 2.35. The highest BCUT2D eigenvalue weighted by atomic mass is 32.2. The highest BCUT2D eigenvalue weighted by molar-refractivity contribution is 7.89. The van der Waals surface area contributed by atoms with Crippen LogP contribution in [0.15, 0.2) is 64.0 Å². The third-order valence-corrected chi connectivity index (χ3v) is 14.4. The Kier molecular flexibility index (Phi) is 32.0. The van der Waals surface area contributed by atoms with Gasteiger partial charge in [0.05, 0.1) is 169 Å². The molecule has 480 valence electrons. The van der Waals surface area contributed by atoms with Gasteiger partial charge in [-0.2, -0.15) is 26.3 Å². The number of hydroxylamine groups is 2. The smallest absolute Gasteiger partial charge is 0.390 e. The molecule has 86 heavy (non-hydrogen) atoms. The van der Waals surface area contributed by atoms with Crippen molar-refractivity contribution in [3.63, 3.8) is 0 Å². The number of alkyl halides is 3. The van der Waals surface area contributed by atoms with E-state index in [9.17, 15) is 53.5 Å². The van der Waals surface area contributed by atoms with E-state index in [1.807, 2.05) is 0 Å². The Morgan fingerprint density at radius 1 is 0.640 bits per heavy atom. The first-order chi connectivity index (χ1) is 41.4. The predicted octanol–water partition coefficient (Wildman–Crippen LogP) is 6.94. The average Bonchev–Trinajstić information content (AvgIpc) is 1.93. The summed E-state index contributed by atoms with van der Waals surface area (Å²) in [5, 5.41) is 0.683. The van der Waals surface area contributed by atoms with Gasteiger partial charge in [0.25, 0.3) is 5.91 Å². The molecule has 0 radical (unpaired) electrons. The number of Topliss-reactive ketones (excluding diaryl/α,β-unsaturated/α-hetero) is 1.